The zero-order valence-electron chi connectivity index (χ0n) is 15.4. The van der Waals surface area contributed by atoms with E-state index >= 15 is 0 Å². The van der Waals surface area contributed by atoms with Gasteiger partial charge in [0, 0.05) is 36.7 Å². The summed E-state index contributed by atoms with van der Waals surface area (Å²) in [5.74, 6) is -0.438. The predicted molar refractivity (Wildman–Crippen MR) is 101 cm³/mol. The monoisotopic (exact) mass is 369 g/mol. The largest absolute Gasteiger partial charge is 0.378 e. The van der Waals surface area contributed by atoms with Gasteiger partial charge in [0.1, 0.15) is 5.54 Å². The molecule has 0 bridgehead atoms. The van der Waals surface area contributed by atoms with Crippen LogP contribution in [-0.2, 0) is 9.53 Å². The Bertz CT molecular complexity index is 663. The summed E-state index contributed by atoms with van der Waals surface area (Å²) in [6, 6.07) is 5.24. The predicted octanol–water partition coefficient (Wildman–Crippen LogP) is 2.25. The van der Waals surface area contributed by atoms with E-state index in [1.54, 1.807) is 32.2 Å². The summed E-state index contributed by atoms with van der Waals surface area (Å²) >= 11 is 0. The fourth-order valence-corrected chi connectivity index (χ4v) is 3.21. The molecule has 0 spiro atoms. The van der Waals surface area contributed by atoms with Crippen LogP contribution in [0.5, 0.6) is 0 Å². The minimum atomic E-state index is -0.998. The highest BCUT2D eigenvalue weighted by Crippen LogP contribution is 2.50. The Kier molecular flexibility index (Phi) is 6.61. The van der Waals surface area contributed by atoms with E-state index in [0.29, 0.717) is 29.8 Å². The third-order valence-corrected chi connectivity index (χ3v) is 5.29. The highest BCUT2D eigenvalue weighted by Gasteiger charge is 2.62. The molecule has 0 radical (unpaired) electrons. The van der Waals surface area contributed by atoms with Gasteiger partial charge >= 0.3 is 0 Å². The van der Waals surface area contributed by atoms with Crippen LogP contribution in [0.25, 0.3) is 0 Å². The molecule has 2 atom stereocenters. The second kappa shape index (κ2) is 7.72. The van der Waals surface area contributed by atoms with Gasteiger partial charge in [-0.2, -0.15) is 0 Å². The molecular formula is C18H28ClN3O3. The Hall–Kier alpha value is -1.63. The van der Waals surface area contributed by atoms with Gasteiger partial charge in [0.15, 0.2) is 0 Å². The van der Waals surface area contributed by atoms with E-state index in [9.17, 15) is 9.59 Å². The third kappa shape index (κ3) is 3.52. The van der Waals surface area contributed by atoms with Crippen molar-refractivity contribution in [3.05, 3.63) is 29.3 Å². The van der Waals surface area contributed by atoms with E-state index in [1.165, 1.54) is 0 Å². The van der Waals surface area contributed by atoms with Crippen LogP contribution in [0.2, 0.25) is 0 Å². The van der Waals surface area contributed by atoms with Crippen molar-refractivity contribution in [1.82, 2.24) is 5.32 Å². The molecule has 0 aromatic heterocycles. The minimum absolute atomic E-state index is 0. The van der Waals surface area contributed by atoms with Crippen molar-refractivity contribution in [2.75, 3.05) is 19.0 Å². The van der Waals surface area contributed by atoms with Crippen molar-refractivity contribution in [3.63, 3.8) is 0 Å². The molecule has 1 fully saturated rings. The van der Waals surface area contributed by atoms with Crippen molar-refractivity contribution in [2.24, 2.45) is 11.1 Å². The normalized spacial score (nSPS) is 23.8. The van der Waals surface area contributed by atoms with E-state index in [0.717, 1.165) is 0 Å². The van der Waals surface area contributed by atoms with Gasteiger partial charge in [-0.15, -0.1) is 12.4 Å². The average Bonchev–Trinajstić information content (AvgIpc) is 2.55. The van der Waals surface area contributed by atoms with Crippen molar-refractivity contribution < 1.29 is 14.3 Å². The fourth-order valence-electron chi connectivity index (χ4n) is 3.21. The molecule has 1 aromatic rings. The lowest BCUT2D eigenvalue weighted by atomic mass is 9.54. The number of halogens is 1. The number of anilines is 1. The van der Waals surface area contributed by atoms with Crippen molar-refractivity contribution in [1.29, 1.82) is 0 Å². The molecule has 0 heterocycles. The maximum atomic E-state index is 12.8. The minimum Gasteiger partial charge on any atom is -0.378 e. The van der Waals surface area contributed by atoms with Gasteiger partial charge in [-0.1, -0.05) is 19.9 Å². The summed E-state index contributed by atoms with van der Waals surface area (Å²) in [6.07, 6.45) is 0.449. The maximum absolute atomic E-state index is 12.8. The van der Waals surface area contributed by atoms with E-state index in [-0.39, 0.29) is 30.3 Å². The third-order valence-electron chi connectivity index (χ3n) is 5.29. The number of carbonyl (C=O) groups excluding carboxylic acids is 2. The molecule has 0 saturated heterocycles. The Morgan fingerprint density at radius 3 is 2.52 bits per heavy atom. The van der Waals surface area contributed by atoms with Gasteiger partial charge < -0.3 is 21.1 Å². The second-order valence-electron chi connectivity index (χ2n) is 6.85. The quantitative estimate of drug-likeness (QED) is 0.742. The molecule has 6 nitrogen and oxygen atoms in total. The number of rotatable bonds is 5. The number of carbonyl (C=O) groups is 2. The number of nitrogens with two attached hydrogens (primary N) is 1. The number of amides is 2. The number of nitrogens with one attached hydrogen (secondary N) is 2. The SMILES string of the molecule is CCOC1CC(N)(C(=O)Nc2cccc(C(=O)NC)c2C)C1(C)C.Cl. The van der Waals surface area contributed by atoms with E-state index < -0.39 is 11.0 Å². The van der Waals surface area contributed by atoms with E-state index in [1.807, 2.05) is 20.8 Å². The van der Waals surface area contributed by atoms with E-state index in [2.05, 4.69) is 10.6 Å². The molecule has 4 N–H and O–H groups in total. The second-order valence-corrected chi connectivity index (χ2v) is 6.85. The maximum Gasteiger partial charge on any atom is 0.251 e. The van der Waals surface area contributed by atoms with Crippen LogP contribution in [0.1, 0.15) is 43.1 Å². The fraction of sp³-hybridized carbons (Fsp3) is 0.556. The number of hydrogen-bond acceptors (Lipinski definition) is 4. The molecule has 2 amide bonds. The molecule has 2 rings (SSSR count). The molecule has 1 saturated carbocycles. The molecular weight excluding hydrogens is 342 g/mol. The Morgan fingerprint density at radius 2 is 2.00 bits per heavy atom. The van der Waals surface area contributed by atoms with Crippen LogP contribution in [0.4, 0.5) is 5.69 Å². The average molecular weight is 370 g/mol. The summed E-state index contributed by atoms with van der Waals surface area (Å²) < 4.78 is 5.66. The lowest BCUT2D eigenvalue weighted by Gasteiger charge is -2.57. The van der Waals surface area contributed by atoms with Gasteiger partial charge in [0.2, 0.25) is 5.91 Å². The Labute approximate surface area is 155 Å². The summed E-state index contributed by atoms with van der Waals surface area (Å²) in [6.45, 7) is 8.23. The first-order valence-corrected chi connectivity index (χ1v) is 8.22. The van der Waals surface area contributed by atoms with Crippen LogP contribution >= 0.6 is 12.4 Å². The molecule has 1 aliphatic rings. The van der Waals surface area contributed by atoms with E-state index in [4.69, 9.17) is 10.5 Å². The molecule has 25 heavy (non-hydrogen) atoms. The number of hydrogen-bond donors (Lipinski definition) is 3. The first-order chi connectivity index (χ1) is 11.2. The van der Waals surface area contributed by atoms with Crippen LogP contribution in [0.15, 0.2) is 18.2 Å². The number of benzene rings is 1. The molecule has 1 aliphatic carbocycles. The zero-order chi connectivity index (χ0) is 18.1. The smallest absolute Gasteiger partial charge is 0.251 e. The van der Waals surface area contributed by atoms with Crippen LogP contribution in [-0.4, -0.2) is 37.1 Å². The highest BCUT2D eigenvalue weighted by molar-refractivity contribution is 6.02. The number of ether oxygens (including phenoxy) is 1. The molecule has 0 aliphatic heterocycles. The zero-order valence-corrected chi connectivity index (χ0v) is 16.3. The standard InChI is InChI=1S/C18H27N3O3.ClH/c1-6-24-14-10-18(19,17(14,3)4)16(23)21-13-9-7-8-12(11(13)2)15(22)20-5;/h7-9,14H,6,10,19H2,1-5H3,(H,20,22)(H,21,23);1H. The topological polar surface area (TPSA) is 93.4 Å². The van der Waals surface area contributed by atoms with Crippen molar-refractivity contribution in [2.45, 2.75) is 45.8 Å². The van der Waals surface area contributed by atoms with Gasteiger partial charge in [-0.25, -0.2) is 0 Å². The van der Waals surface area contributed by atoms with Gasteiger partial charge in [0.25, 0.3) is 5.91 Å². The summed E-state index contributed by atoms with van der Waals surface area (Å²) in [7, 11) is 1.58. The van der Waals surface area contributed by atoms with Gasteiger partial charge in [-0.05, 0) is 31.5 Å². The highest BCUT2D eigenvalue weighted by atomic mass is 35.5. The van der Waals surface area contributed by atoms with Gasteiger partial charge in [-0.3, -0.25) is 9.59 Å². The van der Waals surface area contributed by atoms with Gasteiger partial charge in [0.05, 0.1) is 6.10 Å². The van der Waals surface area contributed by atoms with Crippen LogP contribution < -0.4 is 16.4 Å². The lowest BCUT2D eigenvalue weighted by molar-refractivity contribution is -0.166. The molecule has 140 valence electrons. The summed E-state index contributed by atoms with van der Waals surface area (Å²) in [5.41, 5.74) is 6.78. The Morgan fingerprint density at radius 1 is 1.36 bits per heavy atom. The van der Waals surface area contributed by atoms with Crippen molar-refractivity contribution >= 4 is 29.9 Å². The summed E-state index contributed by atoms with van der Waals surface area (Å²) in [5, 5.41) is 5.49. The van der Waals surface area contributed by atoms with Crippen molar-refractivity contribution in [3.8, 4) is 0 Å². The Balaban J connectivity index is 0.00000312. The first kappa shape index (κ1) is 21.4. The van der Waals surface area contributed by atoms with Crippen LogP contribution in [0.3, 0.4) is 0 Å². The molecule has 1 aromatic carbocycles. The molecule has 7 heteroatoms. The van der Waals surface area contributed by atoms with Crippen LogP contribution in [0, 0.1) is 12.3 Å². The summed E-state index contributed by atoms with van der Waals surface area (Å²) in [4.78, 5) is 24.7. The molecule has 2 unspecified atom stereocenters. The first-order valence-electron chi connectivity index (χ1n) is 8.22. The lowest BCUT2D eigenvalue weighted by Crippen LogP contribution is -2.74.